The third kappa shape index (κ3) is 4.55. The van der Waals surface area contributed by atoms with Gasteiger partial charge in [-0.1, -0.05) is 0 Å². The Morgan fingerprint density at radius 3 is 2.25 bits per heavy atom. The molecule has 0 aliphatic rings. The monoisotopic (exact) mass is 129 g/mol. The van der Waals surface area contributed by atoms with E-state index in [4.69, 9.17) is 5.11 Å². The fraction of sp³-hybridized carbons (Fsp3) is 0.667. The molecule has 0 amide bonds. The second-order valence-corrected chi connectivity index (χ2v) is 1.11. The summed E-state index contributed by atoms with van der Waals surface area (Å²) in [7, 11) is 0. The summed E-state index contributed by atoms with van der Waals surface area (Å²) in [6.07, 6.45) is -1.12. The Hall–Kier alpha value is 0.390. The number of aliphatic hydroxyl groups is 1. The van der Waals surface area contributed by atoms with E-state index < -0.39 is 12.1 Å². The first-order chi connectivity index (χ1) is 3.18. The molecule has 0 rings (SSSR count). The van der Waals surface area contributed by atoms with Crippen LogP contribution in [0.4, 0.5) is 0 Å². The van der Waals surface area contributed by atoms with Gasteiger partial charge in [-0.05, 0) is 6.92 Å². The Morgan fingerprint density at radius 2 is 2.25 bits per heavy atom. The van der Waals surface area contributed by atoms with Crippen molar-refractivity contribution >= 4 is 35.5 Å². The number of hydrogen-bond donors (Lipinski definition) is 2. The molecule has 3 N–H and O–H groups in total. The second-order valence-electron chi connectivity index (χ2n) is 1.11. The number of aliphatic hydroxyl groups excluding tert-OH is 1. The van der Waals surface area contributed by atoms with Crippen molar-refractivity contribution in [3.63, 3.8) is 0 Å². The molecule has 0 saturated carbocycles. The number of carbonyl (C=O) groups is 1. The molecule has 0 radical (unpaired) electrons. The van der Waals surface area contributed by atoms with Gasteiger partial charge in [-0.3, -0.25) is 0 Å². The van der Waals surface area contributed by atoms with Gasteiger partial charge in [-0.2, -0.15) is 5.90 Å². The van der Waals surface area contributed by atoms with E-state index in [2.05, 4.69) is 10.7 Å². The maximum atomic E-state index is 9.91. The number of rotatable bonds is 1. The van der Waals surface area contributed by atoms with E-state index in [1.165, 1.54) is 6.92 Å². The third-order valence-corrected chi connectivity index (χ3v) is 0.457. The molecule has 0 aromatic carbocycles. The molecule has 0 spiro atoms. The average molecular weight is 129 g/mol. The summed E-state index contributed by atoms with van der Waals surface area (Å²) < 4.78 is 0. The fourth-order valence-corrected chi connectivity index (χ4v) is 0.0985. The first kappa shape index (κ1) is 11.2. The molecule has 1 unspecified atom stereocenters. The van der Waals surface area contributed by atoms with E-state index in [9.17, 15) is 4.79 Å². The van der Waals surface area contributed by atoms with E-state index in [1.807, 2.05) is 0 Å². The van der Waals surface area contributed by atoms with Crippen LogP contribution in [0.2, 0.25) is 0 Å². The standard InChI is InChI=1S/C3H7NO3.Na.H/c1-2(5)3(6)7-4;;/h2,5H,4H2,1H3;;. The maximum absolute atomic E-state index is 9.91. The van der Waals surface area contributed by atoms with Crippen LogP contribution in [0.5, 0.6) is 0 Å². The van der Waals surface area contributed by atoms with Crippen LogP contribution in [0.15, 0.2) is 0 Å². The van der Waals surface area contributed by atoms with Gasteiger partial charge in [-0.25, -0.2) is 4.79 Å². The van der Waals surface area contributed by atoms with Gasteiger partial charge in [0.25, 0.3) is 0 Å². The van der Waals surface area contributed by atoms with Crippen molar-refractivity contribution in [1.82, 2.24) is 0 Å². The number of nitrogens with two attached hydrogens (primary N) is 1. The molecule has 0 bridgehead atoms. The molecule has 4 nitrogen and oxygen atoms in total. The Bertz CT molecular complexity index is 74.9. The molecule has 0 aromatic rings. The van der Waals surface area contributed by atoms with Gasteiger partial charge >= 0.3 is 35.5 Å². The van der Waals surface area contributed by atoms with Crippen molar-refractivity contribution < 1.29 is 14.7 Å². The fourth-order valence-electron chi connectivity index (χ4n) is 0.0985. The van der Waals surface area contributed by atoms with E-state index in [0.717, 1.165) is 0 Å². The molecule has 0 aromatic heterocycles. The topological polar surface area (TPSA) is 72.5 Å². The summed E-state index contributed by atoms with van der Waals surface area (Å²) in [4.78, 5) is 13.5. The molecular formula is C3H8NNaO3. The molecule has 44 valence electrons. The predicted octanol–water partition coefficient (Wildman–Crippen LogP) is -1.86. The molecule has 0 fully saturated rings. The Balaban J connectivity index is 0. The zero-order chi connectivity index (χ0) is 5.86. The van der Waals surface area contributed by atoms with Gasteiger partial charge in [0.2, 0.25) is 0 Å². The second kappa shape index (κ2) is 5.53. The molecule has 8 heavy (non-hydrogen) atoms. The summed E-state index contributed by atoms with van der Waals surface area (Å²) in [6.45, 7) is 1.27. The first-order valence-electron chi connectivity index (χ1n) is 1.77. The molecular weight excluding hydrogens is 121 g/mol. The SMILES string of the molecule is CC(O)C(=O)ON.[NaH]. The van der Waals surface area contributed by atoms with Crippen molar-refractivity contribution in [1.29, 1.82) is 0 Å². The van der Waals surface area contributed by atoms with E-state index in [1.54, 1.807) is 0 Å². The number of hydrogen-bond acceptors (Lipinski definition) is 4. The molecule has 0 heterocycles. The summed E-state index contributed by atoms with van der Waals surface area (Å²) in [5.74, 6) is 3.54. The Kier molecular flexibility index (Phi) is 7.75. The third-order valence-electron chi connectivity index (χ3n) is 0.457. The Labute approximate surface area is 69.2 Å². The Morgan fingerprint density at radius 1 is 1.88 bits per heavy atom. The van der Waals surface area contributed by atoms with Crippen molar-refractivity contribution in [2.75, 3.05) is 0 Å². The van der Waals surface area contributed by atoms with Crippen molar-refractivity contribution in [2.24, 2.45) is 5.90 Å². The number of carbonyl (C=O) groups excluding carboxylic acids is 1. The molecule has 5 heteroatoms. The minimum absolute atomic E-state index is 0. The van der Waals surface area contributed by atoms with E-state index >= 15 is 0 Å². The summed E-state index contributed by atoms with van der Waals surface area (Å²) in [5, 5.41) is 8.27. The molecule has 0 aliphatic carbocycles. The van der Waals surface area contributed by atoms with Crippen LogP contribution >= 0.6 is 0 Å². The van der Waals surface area contributed by atoms with Crippen LogP contribution in [-0.2, 0) is 9.63 Å². The molecule has 0 saturated heterocycles. The van der Waals surface area contributed by atoms with Crippen molar-refractivity contribution in [2.45, 2.75) is 13.0 Å². The molecule has 1 atom stereocenters. The van der Waals surface area contributed by atoms with E-state index in [-0.39, 0.29) is 29.6 Å². The predicted molar refractivity (Wildman–Crippen MR) is 29.1 cm³/mol. The summed E-state index contributed by atoms with van der Waals surface area (Å²) in [6, 6.07) is 0. The summed E-state index contributed by atoms with van der Waals surface area (Å²) in [5.41, 5.74) is 0. The van der Waals surface area contributed by atoms with Crippen LogP contribution in [0.25, 0.3) is 0 Å². The van der Waals surface area contributed by atoms with Gasteiger partial charge in [0.1, 0.15) is 0 Å². The van der Waals surface area contributed by atoms with Gasteiger partial charge in [0, 0.05) is 0 Å². The van der Waals surface area contributed by atoms with Crippen LogP contribution in [0.1, 0.15) is 6.92 Å². The van der Waals surface area contributed by atoms with Gasteiger partial charge in [0.15, 0.2) is 6.10 Å². The normalized spacial score (nSPS) is 11.4. The van der Waals surface area contributed by atoms with Crippen LogP contribution in [0.3, 0.4) is 0 Å². The van der Waals surface area contributed by atoms with Crippen LogP contribution < -0.4 is 5.90 Å². The van der Waals surface area contributed by atoms with Gasteiger partial charge < -0.3 is 9.94 Å². The van der Waals surface area contributed by atoms with Crippen LogP contribution in [-0.4, -0.2) is 46.7 Å². The minimum atomic E-state index is -1.12. The average Bonchev–Trinajstić information content (AvgIpc) is 1.65. The first-order valence-corrected chi connectivity index (χ1v) is 1.77. The van der Waals surface area contributed by atoms with Gasteiger partial charge in [0.05, 0.1) is 0 Å². The summed E-state index contributed by atoms with van der Waals surface area (Å²) >= 11 is 0. The zero-order valence-electron chi connectivity index (χ0n) is 3.92. The van der Waals surface area contributed by atoms with Crippen LogP contribution in [0, 0.1) is 0 Å². The zero-order valence-corrected chi connectivity index (χ0v) is 3.92. The quantitative estimate of drug-likeness (QED) is 0.321. The van der Waals surface area contributed by atoms with E-state index in [0.29, 0.717) is 0 Å². The van der Waals surface area contributed by atoms with Gasteiger partial charge in [-0.15, -0.1) is 0 Å². The molecule has 0 aliphatic heterocycles. The van der Waals surface area contributed by atoms with Crippen molar-refractivity contribution in [3.05, 3.63) is 0 Å². The van der Waals surface area contributed by atoms with Crippen molar-refractivity contribution in [3.8, 4) is 0 Å².